The van der Waals surface area contributed by atoms with Crippen LogP contribution in [0.15, 0.2) is 16.7 Å². The maximum Gasteiger partial charge on any atom is 0.140 e. The highest BCUT2D eigenvalue weighted by Gasteiger charge is 2.02. The van der Waals surface area contributed by atoms with Gasteiger partial charge in [-0.05, 0) is 28.9 Å². The van der Waals surface area contributed by atoms with E-state index in [1.54, 1.807) is 12.3 Å². The third kappa shape index (κ3) is 3.50. The van der Waals surface area contributed by atoms with Crippen molar-refractivity contribution in [2.24, 2.45) is 5.73 Å². The van der Waals surface area contributed by atoms with Gasteiger partial charge in [-0.3, -0.25) is 0 Å². The van der Waals surface area contributed by atoms with Gasteiger partial charge in [-0.2, -0.15) is 0 Å². The first-order valence-corrected chi connectivity index (χ1v) is 5.07. The number of pyridine rings is 1. The molecule has 3 N–H and O–H groups in total. The molecule has 0 aliphatic heterocycles. The smallest absolute Gasteiger partial charge is 0.140 e. The minimum absolute atomic E-state index is 0.101. The molecule has 1 heterocycles. The quantitative estimate of drug-likeness (QED) is 0.880. The number of anilines is 1. The first kappa shape index (κ1) is 10.8. The third-order valence-electron chi connectivity index (χ3n) is 1.40. The van der Waals surface area contributed by atoms with Crippen molar-refractivity contribution in [3.63, 3.8) is 0 Å². The zero-order valence-corrected chi connectivity index (χ0v) is 9.56. The van der Waals surface area contributed by atoms with Gasteiger partial charge < -0.3 is 11.1 Å². The second kappa shape index (κ2) is 4.79. The van der Waals surface area contributed by atoms with E-state index >= 15 is 0 Å². The van der Waals surface area contributed by atoms with E-state index in [4.69, 9.17) is 17.3 Å². The second-order valence-electron chi connectivity index (χ2n) is 2.84. The Morgan fingerprint density at radius 1 is 1.77 bits per heavy atom. The van der Waals surface area contributed by atoms with Gasteiger partial charge in [-0.1, -0.05) is 11.6 Å². The number of aromatic nitrogens is 1. The molecule has 1 unspecified atom stereocenters. The van der Waals surface area contributed by atoms with Crippen LogP contribution in [0.3, 0.4) is 0 Å². The zero-order valence-electron chi connectivity index (χ0n) is 7.22. The summed E-state index contributed by atoms with van der Waals surface area (Å²) in [6, 6.07) is 1.89. The Balaban J connectivity index is 2.67. The molecular weight excluding hydrogens is 253 g/mol. The number of nitrogens with two attached hydrogens (primary N) is 1. The van der Waals surface area contributed by atoms with Gasteiger partial charge in [-0.15, -0.1) is 0 Å². The van der Waals surface area contributed by atoms with Crippen LogP contribution in [-0.2, 0) is 0 Å². The summed E-state index contributed by atoms with van der Waals surface area (Å²) in [6.45, 7) is 2.62. The van der Waals surface area contributed by atoms with Crippen LogP contribution in [-0.4, -0.2) is 17.6 Å². The zero-order chi connectivity index (χ0) is 9.84. The number of hydrogen-bond donors (Lipinski definition) is 2. The van der Waals surface area contributed by atoms with E-state index in [1.165, 1.54) is 0 Å². The van der Waals surface area contributed by atoms with Crippen LogP contribution in [0.25, 0.3) is 0 Å². The number of nitrogens with one attached hydrogen (secondary N) is 1. The van der Waals surface area contributed by atoms with Crippen molar-refractivity contribution in [2.45, 2.75) is 13.0 Å². The topological polar surface area (TPSA) is 50.9 Å². The largest absolute Gasteiger partial charge is 0.368 e. The predicted octanol–water partition coefficient (Wildman–Crippen LogP) is 2.26. The molecule has 0 fully saturated rings. The molecule has 0 aromatic carbocycles. The monoisotopic (exact) mass is 263 g/mol. The lowest BCUT2D eigenvalue weighted by molar-refractivity contribution is 0.777. The van der Waals surface area contributed by atoms with Crippen molar-refractivity contribution in [1.82, 2.24) is 4.98 Å². The molecule has 0 amide bonds. The van der Waals surface area contributed by atoms with Crippen LogP contribution >= 0.6 is 27.5 Å². The van der Waals surface area contributed by atoms with E-state index in [-0.39, 0.29) is 6.04 Å². The van der Waals surface area contributed by atoms with Gasteiger partial charge in [0.05, 0.1) is 9.50 Å². The molecule has 1 rings (SSSR count). The van der Waals surface area contributed by atoms with Crippen LogP contribution in [0.1, 0.15) is 6.92 Å². The molecule has 0 bridgehead atoms. The molecule has 0 saturated carbocycles. The van der Waals surface area contributed by atoms with Crippen molar-refractivity contribution >= 4 is 33.3 Å². The second-order valence-corrected chi connectivity index (χ2v) is 4.13. The van der Waals surface area contributed by atoms with E-state index in [0.29, 0.717) is 11.6 Å². The molecule has 5 heteroatoms. The number of hydrogen-bond acceptors (Lipinski definition) is 3. The van der Waals surface area contributed by atoms with Crippen LogP contribution in [0.5, 0.6) is 0 Å². The van der Waals surface area contributed by atoms with Crippen molar-refractivity contribution < 1.29 is 0 Å². The lowest BCUT2D eigenvalue weighted by atomic mass is 10.3. The summed E-state index contributed by atoms with van der Waals surface area (Å²) in [7, 11) is 0. The predicted molar refractivity (Wildman–Crippen MR) is 59.1 cm³/mol. The lowest BCUT2D eigenvalue weighted by Crippen LogP contribution is -2.25. The number of nitrogens with zero attached hydrogens (tertiary/aromatic N) is 1. The van der Waals surface area contributed by atoms with E-state index in [2.05, 4.69) is 26.2 Å². The summed E-state index contributed by atoms with van der Waals surface area (Å²) in [6.07, 6.45) is 1.59. The van der Waals surface area contributed by atoms with Gasteiger partial charge in [-0.25, -0.2) is 4.98 Å². The molecule has 1 aromatic rings. The Kier molecular flexibility index (Phi) is 3.96. The van der Waals surface area contributed by atoms with Gasteiger partial charge in [0.1, 0.15) is 5.82 Å². The van der Waals surface area contributed by atoms with E-state index < -0.39 is 0 Å². The Bertz CT molecular complexity index is 291. The summed E-state index contributed by atoms with van der Waals surface area (Å²) >= 11 is 9.08. The van der Waals surface area contributed by atoms with Crippen LogP contribution in [0.2, 0.25) is 5.02 Å². The van der Waals surface area contributed by atoms with Gasteiger partial charge in [0.15, 0.2) is 0 Å². The molecule has 0 radical (unpaired) electrons. The summed E-state index contributed by atoms with van der Waals surface area (Å²) in [5.74, 6) is 0.765. The molecule has 1 atom stereocenters. The average Bonchev–Trinajstić information content (AvgIpc) is 2.02. The Labute approximate surface area is 90.8 Å². The van der Waals surface area contributed by atoms with E-state index in [9.17, 15) is 0 Å². The first-order valence-electron chi connectivity index (χ1n) is 3.90. The summed E-state index contributed by atoms with van der Waals surface area (Å²) in [4.78, 5) is 4.10. The Morgan fingerprint density at radius 2 is 2.46 bits per heavy atom. The first-order chi connectivity index (χ1) is 6.09. The van der Waals surface area contributed by atoms with Crippen molar-refractivity contribution in [3.8, 4) is 0 Å². The molecule has 72 valence electrons. The van der Waals surface area contributed by atoms with Crippen LogP contribution in [0.4, 0.5) is 5.82 Å². The highest BCUT2D eigenvalue weighted by Crippen LogP contribution is 2.22. The fourth-order valence-electron chi connectivity index (χ4n) is 0.802. The molecule has 0 spiro atoms. The van der Waals surface area contributed by atoms with Crippen LogP contribution < -0.4 is 11.1 Å². The normalized spacial score (nSPS) is 12.6. The Morgan fingerprint density at radius 3 is 3.00 bits per heavy atom. The van der Waals surface area contributed by atoms with Gasteiger partial charge in [0.25, 0.3) is 0 Å². The van der Waals surface area contributed by atoms with Gasteiger partial charge >= 0.3 is 0 Å². The summed E-state index contributed by atoms with van der Waals surface area (Å²) in [5.41, 5.74) is 5.59. The molecule has 1 aromatic heterocycles. The van der Waals surface area contributed by atoms with Crippen LogP contribution in [0, 0.1) is 0 Å². The average molecular weight is 265 g/mol. The van der Waals surface area contributed by atoms with Gasteiger partial charge in [0, 0.05) is 18.8 Å². The lowest BCUT2D eigenvalue weighted by Gasteiger charge is -2.09. The van der Waals surface area contributed by atoms with Crippen molar-refractivity contribution in [3.05, 3.63) is 21.8 Å². The number of halogens is 2. The minimum atomic E-state index is 0.101. The Hall–Kier alpha value is -0.320. The molecule has 0 saturated heterocycles. The van der Waals surface area contributed by atoms with Crippen molar-refractivity contribution in [1.29, 1.82) is 0 Å². The number of rotatable bonds is 3. The minimum Gasteiger partial charge on any atom is -0.368 e. The van der Waals surface area contributed by atoms with E-state index in [0.717, 1.165) is 10.3 Å². The highest BCUT2D eigenvalue weighted by atomic mass is 79.9. The summed E-state index contributed by atoms with van der Waals surface area (Å²) < 4.78 is 0.848. The molecule has 0 aliphatic rings. The fourth-order valence-corrected chi connectivity index (χ4v) is 1.58. The van der Waals surface area contributed by atoms with Gasteiger partial charge in [0.2, 0.25) is 0 Å². The molecule has 0 aliphatic carbocycles. The third-order valence-corrected chi connectivity index (χ3v) is 2.21. The molecule has 13 heavy (non-hydrogen) atoms. The van der Waals surface area contributed by atoms with Crippen molar-refractivity contribution in [2.75, 3.05) is 11.9 Å². The summed E-state index contributed by atoms with van der Waals surface area (Å²) in [5, 5.41) is 3.71. The molecular formula is C8H11BrClN3. The standard InChI is InChI=1S/C8H11BrClN3/c1-5(11)3-12-8-7(9)2-6(10)4-13-8/h2,4-5H,3,11H2,1H3,(H,12,13). The SMILES string of the molecule is CC(N)CNc1ncc(Cl)cc1Br. The molecule has 3 nitrogen and oxygen atoms in total. The highest BCUT2D eigenvalue weighted by molar-refractivity contribution is 9.10. The maximum atomic E-state index is 5.73. The maximum absolute atomic E-state index is 5.73. The van der Waals surface area contributed by atoms with E-state index in [1.807, 2.05) is 6.92 Å². The fraction of sp³-hybridized carbons (Fsp3) is 0.375.